The first-order valence-corrected chi connectivity index (χ1v) is 8.95. The third-order valence-corrected chi connectivity index (χ3v) is 4.73. The lowest BCUT2D eigenvalue weighted by atomic mass is 9.89. The molecule has 3 rings (SSSR count). The molecule has 0 spiro atoms. The van der Waals surface area contributed by atoms with Crippen LogP contribution in [0.25, 0.3) is 11.4 Å². The van der Waals surface area contributed by atoms with Crippen LogP contribution >= 0.6 is 0 Å². The van der Waals surface area contributed by atoms with Gasteiger partial charge in [0.15, 0.2) is 0 Å². The van der Waals surface area contributed by atoms with Gasteiger partial charge in [0, 0.05) is 29.9 Å². The Bertz CT molecular complexity index is 738. The van der Waals surface area contributed by atoms with Gasteiger partial charge < -0.3 is 4.90 Å². The van der Waals surface area contributed by atoms with Crippen molar-refractivity contribution in [3.63, 3.8) is 0 Å². The van der Waals surface area contributed by atoms with Gasteiger partial charge in [-0.05, 0) is 44.2 Å². The van der Waals surface area contributed by atoms with Crippen molar-refractivity contribution in [2.75, 3.05) is 13.1 Å². The maximum absolute atomic E-state index is 12.4. The van der Waals surface area contributed by atoms with Crippen molar-refractivity contribution >= 4 is 5.91 Å². The van der Waals surface area contributed by atoms with Gasteiger partial charge in [-0.3, -0.25) is 9.89 Å². The molecule has 1 aliphatic heterocycles. The van der Waals surface area contributed by atoms with E-state index in [0.29, 0.717) is 5.92 Å². The van der Waals surface area contributed by atoms with Crippen LogP contribution in [0.2, 0.25) is 0 Å². The summed E-state index contributed by atoms with van der Waals surface area (Å²) in [5, 5.41) is 7.21. The van der Waals surface area contributed by atoms with E-state index in [1.165, 1.54) is 0 Å². The Morgan fingerprint density at radius 2 is 1.92 bits per heavy atom. The molecule has 2 aromatic heterocycles. The van der Waals surface area contributed by atoms with E-state index in [2.05, 4.69) is 20.2 Å². The van der Waals surface area contributed by atoms with Crippen LogP contribution in [0, 0.1) is 18.3 Å². The molecule has 0 aromatic carbocycles. The van der Waals surface area contributed by atoms with Gasteiger partial charge in [-0.15, -0.1) is 0 Å². The fraction of sp³-hybridized carbons (Fsp3) is 0.579. The zero-order chi connectivity index (χ0) is 18.0. The van der Waals surface area contributed by atoms with Gasteiger partial charge in [-0.1, -0.05) is 20.8 Å². The molecule has 0 unspecified atom stereocenters. The Balaban J connectivity index is 1.60. The van der Waals surface area contributed by atoms with Crippen molar-refractivity contribution in [1.82, 2.24) is 25.1 Å². The van der Waals surface area contributed by atoms with Gasteiger partial charge in [0.1, 0.15) is 12.0 Å². The molecule has 0 saturated carbocycles. The maximum Gasteiger partial charge on any atom is 0.227 e. The number of carbonyl (C=O) groups excluding carboxylic acids is 1. The van der Waals surface area contributed by atoms with Crippen LogP contribution in [0.5, 0.6) is 0 Å². The van der Waals surface area contributed by atoms with E-state index in [4.69, 9.17) is 0 Å². The van der Waals surface area contributed by atoms with E-state index >= 15 is 0 Å². The summed E-state index contributed by atoms with van der Waals surface area (Å²) in [5.74, 6) is 0.817. The molecule has 6 heteroatoms. The topological polar surface area (TPSA) is 74.8 Å². The number of rotatable bonds is 3. The molecule has 1 N–H and O–H groups in total. The smallest absolute Gasteiger partial charge is 0.227 e. The van der Waals surface area contributed by atoms with Crippen molar-refractivity contribution in [3.05, 3.63) is 29.8 Å². The van der Waals surface area contributed by atoms with E-state index < -0.39 is 0 Å². The number of amides is 1. The largest absolute Gasteiger partial charge is 0.342 e. The van der Waals surface area contributed by atoms with Crippen LogP contribution in [-0.4, -0.2) is 44.1 Å². The summed E-state index contributed by atoms with van der Waals surface area (Å²) in [4.78, 5) is 23.2. The minimum atomic E-state index is -0.296. The molecule has 0 aliphatic carbocycles. The minimum absolute atomic E-state index is 0.254. The average Bonchev–Trinajstić information content (AvgIpc) is 3.01. The van der Waals surface area contributed by atoms with Gasteiger partial charge in [-0.2, -0.15) is 5.10 Å². The molecule has 1 saturated heterocycles. The fourth-order valence-electron chi connectivity index (χ4n) is 3.31. The number of H-pyrrole nitrogens is 1. The molecule has 6 nitrogen and oxygen atoms in total. The predicted octanol–water partition coefficient (Wildman–Crippen LogP) is 3.00. The molecule has 1 amide bonds. The number of hydrogen-bond acceptors (Lipinski definition) is 4. The van der Waals surface area contributed by atoms with Crippen LogP contribution in [0.4, 0.5) is 0 Å². The van der Waals surface area contributed by atoms with Crippen LogP contribution in [0.15, 0.2) is 18.5 Å². The summed E-state index contributed by atoms with van der Waals surface area (Å²) in [6.07, 6.45) is 4.61. The van der Waals surface area contributed by atoms with E-state index in [0.717, 1.165) is 55.1 Å². The second kappa shape index (κ2) is 6.94. The van der Waals surface area contributed by atoms with E-state index in [1.54, 1.807) is 6.33 Å². The second-order valence-corrected chi connectivity index (χ2v) is 8.02. The Kier molecular flexibility index (Phi) is 4.88. The van der Waals surface area contributed by atoms with Crippen molar-refractivity contribution < 1.29 is 4.79 Å². The molecule has 1 aliphatic rings. The number of nitrogens with one attached hydrogen (secondary N) is 1. The van der Waals surface area contributed by atoms with E-state index in [-0.39, 0.29) is 11.3 Å². The van der Waals surface area contributed by atoms with E-state index in [1.807, 2.05) is 44.7 Å². The van der Waals surface area contributed by atoms with Gasteiger partial charge in [0.2, 0.25) is 5.91 Å². The Hall–Kier alpha value is -2.24. The Morgan fingerprint density at radius 3 is 2.52 bits per heavy atom. The van der Waals surface area contributed by atoms with E-state index in [9.17, 15) is 4.79 Å². The van der Waals surface area contributed by atoms with Crippen LogP contribution in [0.3, 0.4) is 0 Å². The highest BCUT2D eigenvalue weighted by Crippen LogP contribution is 2.26. The molecule has 134 valence electrons. The third-order valence-electron chi connectivity index (χ3n) is 4.73. The standard InChI is InChI=1S/C19H27N5O/c1-13-9-17(23-22-13)16-11-15(20-12-21-16)10-14-5-7-24(8-6-14)18(25)19(2,3)4/h9,11-12,14H,5-8,10H2,1-4H3,(H,22,23). The predicted molar refractivity (Wildman–Crippen MR) is 96.8 cm³/mol. The molecular weight excluding hydrogens is 314 g/mol. The lowest BCUT2D eigenvalue weighted by molar-refractivity contribution is -0.140. The van der Waals surface area contributed by atoms with Crippen LogP contribution in [0.1, 0.15) is 45.0 Å². The highest BCUT2D eigenvalue weighted by molar-refractivity contribution is 5.81. The summed E-state index contributed by atoms with van der Waals surface area (Å²) in [7, 11) is 0. The quantitative estimate of drug-likeness (QED) is 0.931. The number of aryl methyl sites for hydroxylation is 1. The molecule has 0 radical (unpaired) electrons. The first-order valence-electron chi connectivity index (χ1n) is 8.95. The molecule has 2 aromatic rings. The second-order valence-electron chi connectivity index (χ2n) is 8.02. The van der Waals surface area contributed by atoms with Crippen LogP contribution < -0.4 is 0 Å². The number of nitrogens with zero attached hydrogens (tertiary/aromatic N) is 4. The summed E-state index contributed by atoms with van der Waals surface area (Å²) < 4.78 is 0. The molecular formula is C19H27N5O. The number of piperidine rings is 1. The number of aromatic amines is 1. The average molecular weight is 341 g/mol. The zero-order valence-corrected chi connectivity index (χ0v) is 15.5. The molecule has 25 heavy (non-hydrogen) atoms. The number of likely N-dealkylation sites (tertiary alicyclic amines) is 1. The molecule has 1 fully saturated rings. The Labute approximate surface area is 149 Å². The van der Waals surface area contributed by atoms with Crippen molar-refractivity contribution in [2.24, 2.45) is 11.3 Å². The SMILES string of the molecule is Cc1cc(-c2cc(CC3CCN(C(=O)C(C)(C)C)CC3)ncn2)n[nH]1. The first-order chi connectivity index (χ1) is 11.8. The van der Waals surface area contributed by atoms with Crippen molar-refractivity contribution in [1.29, 1.82) is 0 Å². The van der Waals surface area contributed by atoms with Crippen LogP contribution in [-0.2, 0) is 11.2 Å². The lowest BCUT2D eigenvalue weighted by Gasteiger charge is -2.35. The highest BCUT2D eigenvalue weighted by Gasteiger charge is 2.30. The summed E-state index contributed by atoms with van der Waals surface area (Å²) in [5.41, 5.74) is 3.48. The zero-order valence-electron chi connectivity index (χ0n) is 15.5. The number of hydrogen-bond donors (Lipinski definition) is 1. The number of carbonyl (C=O) groups is 1. The summed E-state index contributed by atoms with van der Waals surface area (Å²) in [6.45, 7) is 9.63. The normalized spacial score (nSPS) is 16.2. The Morgan fingerprint density at radius 1 is 1.20 bits per heavy atom. The minimum Gasteiger partial charge on any atom is -0.342 e. The van der Waals surface area contributed by atoms with Gasteiger partial charge in [-0.25, -0.2) is 9.97 Å². The third kappa shape index (κ3) is 4.24. The maximum atomic E-state index is 12.4. The van der Waals surface area contributed by atoms with Crippen molar-refractivity contribution in [3.8, 4) is 11.4 Å². The first kappa shape index (κ1) is 17.6. The molecule has 0 bridgehead atoms. The highest BCUT2D eigenvalue weighted by atomic mass is 16.2. The van der Waals surface area contributed by atoms with Gasteiger partial charge in [0.05, 0.1) is 5.69 Å². The fourth-order valence-corrected chi connectivity index (χ4v) is 3.31. The van der Waals surface area contributed by atoms with Gasteiger partial charge in [0.25, 0.3) is 0 Å². The van der Waals surface area contributed by atoms with Crippen molar-refractivity contribution in [2.45, 2.75) is 47.0 Å². The molecule has 0 atom stereocenters. The van der Waals surface area contributed by atoms with Gasteiger partial charge >= 0.3 is 0 Å². The summed E-state index contributed by atoms with van der Waals surface area (Å²) >= 11 is 0. The monoisotopic (exact) mass is 341 g/mol. The molecule has 3 heterocycles. The number of aromatic nitrogens is 4. The summed E-state index contributed by atoms with van der Waals surface area (Å²) in [6, 6.07) is 4.02. The lowest BCUT2D eigenvalue weighted by Crippen LogP contribution is -2.44.